The maximum Gasteiger partial charge on any atom is 0.227 e. The van der Waals surface area contributed by atoms with Crippen molar-refractivity contribution in [3.05, 3.63) is 35.2 Å². The third kappa shape index (κ3) is 6.44. The van der Waals surface area contributed by atoms with Crippen molar-refractivity contribution >= 4 is 29.9 Å². The largest absolute Gasteiger partial charge is 0.378 e. The number of amides is 1. The molecule has 1 aliphatic heterocycles. The van der Waals surface area contributed by atoms with Gasteiger partial charge in [0.25, 0.3) is 0 Å². The second-order valence-electron chi connectivity index (χ2n) is 6.61. The van der Waals surface area contributed by atoms with Crippen LogP contribution in [0.3, 0.4) is 0 Å². The number of benzene rings is 1. The number of hydrogen-bond acceptors (Lipinski definition) is 6. The first-order chi connectivity index (χ1) is 13.2. The van der Waals surface area contributed by atoms with E-state index in [9.17, 15) is 4.79 Å². The number of ether oxygens (including phenoxy) is 1. The van der Waals surface area contributed by atoms with Crippen molar-refractivity contribution in [1.82, 2.24) is 15.0 Å². The van der Waals surface area contributed by atoms with E-state index in [0.717, 1.165) is 37.9 Å². The van der Waals surface area contributed by atoms with Crippen molar-refractivity contribution in [2.45, 2.75) is 38.2 Å². The Morgan fingerprint density at radius 3 is 2.68 bits per heavy atom. The molecule has 1 aromatic carbocycles. The minimum Gasteiger partial charge on any atom is -0.378 e. The Morgan fingerprint density at radius 1 is 1.29 bits per heavy atom. The van der Waals surface area contributed by atoms with E-state index < -0.39 is 0 Å². The van der Waals surface area contributed by atoms with E-state index in [-0.39, 0.29) is 24.4 Å². The lowest BCUT2D eigenvalue weighted by Crippen LogP contribution is -2.41. The van der Waals surface area contributed by atoms with Gasteiger partial charge < -0.3 is 19.9 Å². The second-order valence-corrected chi connectivity index (χ2v) is 7.05. The Bertz CT molecular complexity index is 731. The van der Waals surface area contributed by atoms with Gasteiger partial charge in [0.1, 0.15) is 0 Å². The van der Waals surface area contributed by atoms with Gasteiger partial charge in [-0.15, -0.1) is 12.4 Å². The van der Waals surface area contributed by atoms with Crippen molar-refractivity contribution < 1.29 is 14.1 Å². The molecule has 1 amide bonds. The molecule has 2 N–H and O–H groups in total. The number of nitrogens with two attached hydrogens (primary N) is 1. The first kappa shape index (κ1) is 22.6. The van der Waals surface area contributed by atoms with E-state index in [1.165, 1.54) is 0 Å². The van der Waals surface area contributed by atoms with E-state index in [2.05, 4.69) is 10.1 Å². The predicted molar refractivity (Wildman–Crippen MR) is 110 cm³/mol. The number of piperidine rings is 1. The molecule has 1 aliphatic rings. The summed E-state index contributed by atoms with van der Waals surface area (Å²) in [7, 11) is 0. The molecule has 0 aliphatic carbocycles. The quantitative estimate of drug-likeness (QED) is 0.648. The average molecular weight is 429 g/mol. The zero-order valence-corrected chi connectivity index (χ0v) is 17.3. The number of halogens is 2. The molecule has 1 fully saturated rings. The minimum atomic E-state index is 0. The van der Waals surface area contributed by atoms with Crippen LogP contribution >= 0.6 is 24.0 Å². The molecule has 0 saturated carbocycles. The maximum absolute atomic E-state index is 12.4. The molecular weight excluding hydrogens is 403 g/mol. The van der Waals surface area contributed by atoms with Gasteiger partial charge in [0.05, 0.1) is 6.10 Å². The molecule has 7 nitrogen and oxygen atoms in total. The summed E-state index contributed by atoms with van der Waals surface area (Å²) in [4.78, 5) is 18.7. The summed E-state index contributed by atoms with van der Waals surface area (Å²) in [6.45, 7) is 2.80. The lowest BCUT2D eigenvalue weighted by Gasteiger charge is -2.32. The molecule has 2 heterocycles. The lowest BCUT2D eigenvalue weighted by atomic mass is 10.1. The molecule has 2 aromatic rings. The fourth-order valence-electron chi connectivity index (χ4n) is 3.05. The number of nitrogens with zero attached hydrogens (tertiary/aromatic N) is 3. The minimum absolute atomic E-state index is 0. The van der Waals surface area contributed by atoms with Gasteiger partial charge in [0, 0.05) is 43.1 Å². The van der Waals surface area contributed by atoms with Crippen molar-refractivity contribution in [2.24, 2.45) is 5.73 Å². The number of hydrogen-bond donors (Lipinski definition) is 1. The predicted octanol–water partition coefficient (Wildman–Crippen LogP) is 3.10. The average Bonchev–Trinajstić information content (AvgIpc) is 3.16. The summed E-state index contributed by atoms with van der Waals surface area (Å²) in [5.41, 5.74) is 6.30. The van der Waals surface area contributed by atoms with Crippen LogP contribution in [-0.4, -0.2) is 53.3 Å². The highest BCUT2D eigenvalue weighted by atomic mass is 35.5. The van der Waals surface area contributed by atoms with Crippen LogP contribution in [0.5, 0.6) is 0 Å². The molecule has 0 bridgehead atoms. The number of carbonyl (C=O) groups is 1. The molecule has 28 heavy (non-hydrogen) atoms. The normalized spacial score (nSPS) is 14.7. The molecule has 154 valence electrons. The van der Waals surface area contributed by atoms with E-state index in [1.54, 1.807) is 12.1 Å². The molecule has 0 unspecified atom stereocenters. The molecular formula is C19H26Cl2N4O3. The molecule has 9 heteroatoms. The Labute approximate surface area is 176 Å². The third-order valence-corrected chi connectivity index (χ3v) is 4.87. The van der Waals surface area contributed by atoms with Gasteiger partial charge >= 0.3 is 0 Å². The van der Waals surface area contributed by atoms with Crippen LogP contribution in [0.2, 0.25) is 5.02 Å². The number of aromatic nitrogens is 2. The zero-order chi connectivity index (χ0) is 19.1. The molecule has 0 spiro atoms. The topological polar surface area (TPSA) is 94.5 Å². The van der Waals surface area contributed by atoms with Crippen molar-refractivity contribution in [2.75, 3.05) is 26.2 Å². The van der Waals surface area contributed by atoms with Crippen LogP contribution in [0.25, 0.3) is 11.4 Å². The SMILES string of the molecule is Cl.NCCCOC1CCN(C(=O)CCc2nc(-c3ccc(Cl)cc3)no2)CC1. The third-order valence-electron chi connectivity index (χ3n) is 4.62. The molecule has 0 atom stereocenters. The number of likely N-dealkylation sites (tertiary alicyclic amines) is 1. The Kier molecular flexibility index (Phi) is 9.18. The first-order valence-electron chi connectivity index (χ1n) is 9.33. The van der Waals surface area contributed by atoms with Gasteiger partial charge in [-0.3, -0.25) is 4.79 Å². The van der Waals surface area contributed by atoms with Crippen molar-refractivity contribution in [3.8, 4) is 11.4 Å². The summed E-state index contributed by atoms with van der Waals surface area (Å²) in [6.07, 6.45) is 3.66. The van der Waals surface area contributed by atoms with Gasteiger partial charge in [-0.25, -0.2) is 0 Å². The highest BCUT2D eigenvalue weighted by Crippen LogP contribution is 2.19. The molecule has 0 radical (unpaired) electrons. The van der Waals surface area contributed by atoms with E-state index >= 15 is 0 Å². The Hall–Kier alpha value is -1.67. The van der Waals surface area contributed by atoms with E-state index in [1.807, 2.05) is 17.0 Å². The maximum atomic E-state index is 12.4. The number of carbonyl (C=O) groups excluding carboxylic acids is 1. The fraction of sp³-hybridized carbons (Fsp3) is 0.526. The lowest BCUT2D eigenvalue weighted by molar-refractivity contribution is -0.133. The summed E-state index contributed by atoms with van der Waals surface area (Å²) in [6, 6.07) is 7.23. The van der Waals surface area contributed by atoms with Crippen LogP contribution in [0.1, 0.15) is 31.6 Å². The Balaban J connectivity index is 0.00000280. The molecule has 1 aromatic heterocycles. The smallest absolute Gasteiger partial charge is 0.227 e. The molecule has 1 saturated heterocycles. The fourth-order valence-corrected chi connectivity index (χ4v) is 3.18. The van der Waals surface area contributed by atoms with Gasteiger partial charge in [0.2, 0.25) is 17.6 Å². The second kappa shape index (κ2) is 11.4. The monoisotopic (exact) mass is 428 g/mol. The van der Waals surface area contributed by atoms with Crippen molar-refractivity contribution in [3.63, 3.8) is 0 Å². The molecule has 3 rings (SSSR count). The standard InChI is InChI=1S/C19H25ClN4O3.ClH/c20-15-4-2-14(3-5-15)19-22-17(27-23-19)6-7-18(25)24-11-8-16(9-12-24)26-13-1-10-21;/h2-5,16H,1,6-13,21H2;1H. The van der Waals surface area contributed by atoms with Crippen LogP contribution < -0.4 is 5.73 Å². The van der Waals surface area contributed by atoms with Crippen LogP contribution in [0.4, 0.5) is 0 Å². The van der Waals surface area contributed by atoms with Gasteiger partial charge in [-0.05, 0) is 50.1 Å². The van der Waals surface area contributed by atoms with Crippen LogP contribution in [0.15, 0.2) is 28.8 Å². The van der Waals surface area contributed by atoms with E-state index in [4.69, 9.17) is 26.6 Å². The van der Waals surface area contributed by atoms with Crippen LogP contribution in [-0.2, 0) is 16.0 Å². The summed E-state index contributed by atoms with van der Waals surface area (Å²) >= 11 is 5.88. The van der Waals surface area contributed by atoms with Crippen molar-refractivity contribution in [1.29, 1.82) is 0 Å². The Morgan fingerprint density at radius 2 is 2.00 bits per heavy atom. The summed E-state index contributed by atoms with van der Waals surface area (Å²) in [5.74, 6) is 1.08. The van der Waals surface area contributed by atoms with E-state index in [0.29, 0.717) is 42.7 Å². The highest BCUT2D eigenvalue weighted by molar-refractivity contribution is 6.30. The van der Waals surface area contributed by atoms with Crippen LogP contribution in [0, 0.1) is 0 Å². The summed E-state index contributed by atoms with van der Waals surface area (Å²) < 4.78 is 11.0. The van der Waals surface area contributed by atoms with Gasteiger partial charge in [0.15, 0.2) is 0 Å². The number of aryl methyl sites for hydroxylation is 1. The van der Waals surface area contributed by atoms with Gasteiger partial charge in [-0.1, -0.05) is 16.8 Å². The summed E-state index contributed by atoms with van der Waals surface area (Å²) in [5, 5.41) is 4.63. The first-order valence-corrected chi connectivity index (χ1v) is 9.71. The van der Waals surface area contributed by atoms with Gasteiger partial charge in [-0.2, -0.15) is 4.98 Å². The number of rotatable bonds is 8. The zero-order valence-electron chi connectivity index (χ0n) is 15.7. The highest BCUT2D eigenvalue weighted by Gasteiger charge is 2.23.